The minimum Gasteiger partial charge on any atom is -0.350 e. The van der Waals surface area contributed by atoms with Gasteiger partial charge in [0.2, 0.25) is 15.9 Å². The molecule has 2 saturated heterocycles. The predicted octanol–water partition coefficient (Wildman–Crippen LogP) is 1.58. The summed E-state index contributed by atoms with van der Waals surface area (Å²) in [5.74, 6) is 0.301. The minimum absolute atomic E-state index is 0.0311. The van der Waals surface area contributed by atoms with Gasteiger partial charge in [-0.2, -0.15) is 0 Å². The third-order valence-corrected chi connectivity index (χ3v) is 5.91. The van der Waals surface area contributed by atoms with E-state index in [0.717, 1.165) is 23.8 Å². The lowest BCUT2D eigenvalue weighted by Crippen LogP contribution is -2.42. The molecule has 148 valence electrons. The van der Waals surface area contributed by atoms with E-state index in [1.165, 1.54) is 6.08 Å². The number of nitrogens with zero attached hydrogens (tertiary/aromatic N) is 1. The van der Waals surface area contributed by atoms with Gasteiger partial charge in [0.25, 0.3) is 0 Å². The Morgan fingerprint density at radius 2 is 1.81 bits per heavy atom. The largest absolute Gasteiger partial charge is 0.350 e. The van der Waals surface area contributed by atoms with Crippen LogP contribution in [0.3, 0.4) is 0 Å². The molecule has 0 radical (unpaired) electrons. The molecule has 1 amide bonds. The number of nitrogens with one attached hydrogen (secondary N) is 1. The zero-order chi connectivity index (χ0) is 19.1. The first-order chi connectivity index (χ1) is 13.0. The van der Waals surface area contributed by atoms with Crippen LogP contribution in [0, 0.1) is 5.92 Å². The van der Waals surface area contributed by atoms with Gasteiger partial charge in [-0.3, -0.25) is 4.79 Å². The van der Waals surface area contributed by atoms with Crippen molar-refractivity contribution < 1.29 is 22.7 Å². The maximum Gasteiger partial charge on any atom is 0.233 e. The summed E-state index contributed by atoms with van der Waals surface area (Å²) in [6.07, 6.45) is 3.25. The molecule has 2 aliphatic heterocycles. The van der Waals surface area contributed by atoms with E-state index >= 15 is 0 Å². The Kier molecular flexibility index (Phi) is 7.01. The molecular formula is C19H26N2O5S. The molecule has 1 aromatic rings. The fourth-order valence-corrected chi connectivity index (χ4v) is 4.13. The molecular weight excluding hydrogens is 368 g/mol. The number of piperidine rings is 1. The number of ether oxygens (including phenoxy) is 2. The summed E-state index contributed by atoms with van der Waals surface area (Å²) in [5, 5.41) is 1.12. The molecule has 0 unspecified atom stereocenters. The molecule has 8 heteroatoms. The zero-order valence-corrected chi connectivity index (χ0v) is 16.1. The molecule has 2 heterocycles. The van der Waals surface area contributed by atoms with E-state index in [-0.39, 0.29) is 25.2 Å². The first kappa shape index (κ1) is 20.0. The minimum atomic E-state index is -3.56. The average molecular weight is 394 g/mol. The third-order valence-electron chi connectivity index (χ3n) is 4.81. The highest BCUT2D eigenvalue weighted by Gasteiger charge is 2.31. The Morgan fingerprint density at radius 3 is 2.48 bits per heavy atom. The van der Waals surface area contributed by atoms with Crippen molar-refractivity contribution in [1.29, 1.82) is 0 Å². The van der Waals surface area contributed by atoms with Gasteiger partial charge in [0.15, 0.2) is 6.29 Å². The number of carbonyl (C=O) groups is 1. The maximum atomic E-state index is 12.3. The van der Waals surface area contributed by atoms with Gasteiger partial charge in [-0.1, -0.05) is 30.3 Å². The van der Waals surface area contributed by atoms with Crippen molar-refractivity contribution in [2.24, 2.45) is 5.92 Å². The van der Waals surface area contributed by atoms with E-state index in [4.69, 9.17) is 9.47 Å². The second kappa shape index (κ2) is 9.45. The number of sulfonamides is 1. The van der Waals surface area contributed by atoms with Crippen LogP contribution in [0.1, 0.15) is 24.8 Å². The van der Waals surface area contributed by atoms with Gasteiger partial charge < -0.3 is 14.4 Å². The van der Waals surface area contributed by atoms with E-state index in [2.05, 4.69) is 4.72 Å². The van der Waals surface area contributed by atoms with Gasteiger partial charge in [-0.15, -0.1) is 0 Å². The van der Waals surface area contributed by atoms with Gasteiger partial charge in [-0.25, -0.2) is 13.1 Å². The van der Waals surface area contributed by atoms with E-state index in [1.54, 1.807) is 4.90 Å². The molecule has 1 N–H and O–H groups in total. The van der Waals surface area contributed by atoms with Crippen LogP contribution in [0.4, 0.5) is 0 Å². The lowest BCUT2D eigenvalue weighted by molar-refractivity contribution is -0.136. The van der Waals surface area contributed by atoms with Crippen molar-refractivity contribution in [3.8, 4) is 0 Å². The number of carbonyl (C=O) groups excluding carboxylic acids is 1. The first-order valence-electron chi connectivity index (χ1n) is 9.27. The Morgan fingerprint density at radius 1 is 1.15 bits per heavy atom. The standard InChI is InChI=1S/C19H26N2O5S/c22-18(21-11-7-17(8-12-21)19-25-13-14-26-19)6-10-20-27(23,24)15-9-16-4-2-1-3-5-16/h1-5,9,15,17,19-20H,6-8,10-14H2/b15-9+. The highest BCUT2D eigenvalue weighted by molar-refractivity contribution is 7.92. The summed E-state index contributed by atoms with van der Waals surface area (Å²) < 4.78 is 37.5. The molecule has 0 spiro atoms. The van der Waals surface area contributed by atoms with Crippen molar-refractivity contribution in [3.63, 3.8) is 0 Å². The lowest BCUT2D eigenvalue weighted by Gasteiger charge is -2.33. The van der Waals surface area contributed by atoms with Crippen molar-refractivity contribution in [1.82, 2.24) is 9.62 Å². The first-order valence-corrected chi connectivity index (χ1v) is 10.8. The number of hydrogen-bond acceptors (Lipinski definition) is 5. The number of rotatable bonds is 7. The Balaban J connectivity index is 1.38. The van der Waals surface area contributed by atoms with Crippen LogP contribution in [0.5, 0.6) is 0 Å². The summed E-state index contributed by atoms with van der Waals surface area (Å²) in [5.41, 5.74) is 0.803. The monoisotopic (exact) mass is 394 g/mol. The summed E-state index contributed by atoms with van der Waals surface area (Å²) in [6.45, 7) is 2.70. The van der Waals surface area contributed by atoms with Gasteiger partial charge in [0.1, 0.15) is 0 Å². The number of likely N-dealkylation sites (tertiary alicyclic amines) is 1. The van der Waals surface area contributed by atoms with Gasteiger partial charge in [0.05, 0.1) is 13.2 Å². The molecule has 2 fully saturated rings. The highest BCUT2D eigenvalue weighted by atomic mass is 32.2. The molecule has 27 heavy (non-hydrogen) atoms. The second-order valence-corrected chi connectivity index (χ2v) is 8.38. The average Bonchev–Trinajstić information content (AvgIpc) is 3.22. The second-order valence-electron chi connectivity index (χ2n) is 6.73. The smallest absolute Gasteiger partial charge is 0.233 e. The summed E-state index contributed by atoms with van der Waals surface area (Å²) in [7, 11) is -3.56. The van der Waals surface area contributed by atoms with Gasteiger partial charge in [0, 0.05) is 37.4 Å². The van der Waals surface area contributed by atoms with E-state index < -0.39 is 10.0 Å². The van der Waals surface area contributed by atoms with Crippen LogP contribution in [0.25, 0.3) is 6.08 Å². The summed E-state index contributed by atoms with van der Waals surface area (Å²) in [6, 6.07) is 9.19. The van der Waals surface area contributed by atoms with Crippen LogP contribution in [-0.4, -0.2) is 58.4 Å². The van der Waals surface area contributed by atoms with E-state index in [1.807, 2.05) is 30.3 Å². The summed E-state index contributed by atoms with van der Waals surface area (Å²) >= 11 is 0. The van der Waals surface area contributed by atoms with Crippen molar-refractivity contribution in [2.45, 2.75) is 25.6 Å². The molecule has 0 atom stereocenters. The normalized spacial score (nSPS) is 19.8. The number of hydrogen-bond donors (Lipinski definition) is 1. The summed E-state index contributed by atoms with van der Waals surface area (Å²) in [4.78, 5) is 14.1. The molecule has 7 nitrogen and oxygen atoms in total. The maximum absolute atomic E-state index is 12.3. The van der Waals surface area contributed by atoms with Crippen LogP contribution >= 0.6 is 0 Å². The molecule has 0 saturated carbocycles. The number of amides is 1. The van der Waals surface area contributed by atoms with Crippen LogP contribution < -0.4 is 4.72 Å². The molecule has 0 bridgehead atoms. The van der Waals surface area contributed by atoms with Crippen LogP contribution in [0.15, 0.2) is 35.7 Å². The van der Waals surface area contributed by atoms with Crippen LogP contribution in [0.2, 0.25) is 0 Å². The highest BCUT2D eigenvalue weighted by Crippen LogP contribution is 2.25. The molecule has 3 rings (SSSR count). The Bertz CT molecular complexity index is 737. The number of benzene rings is 1. The molecule has 1 aromatic carbocycles. The fourth-order valence-electron chi connectivity index (χ4n) is 3.31. The third kappa shape index (κ3) is 6.14. The van der Waals surface area contributed by atoms with Crippen molar-refractivity contribution in [3.05, 3.63) is 41.3 Å². The SMILES string of the molecule is O=C(CCNS(=O)(=O)/C=C/c1ccccc1)N1CCC(C2OCCO2)CC1. The molecule has 0 aromatic heterocycles. The Labute approximate surface area is 160 Å². The predicted molar refractivity (Wildman–Crippen MR) is 102 cm³/mol. The van der Waals surface area contributed by atoms with E-state index in [9.17, 15) is 13.2 Å². The van der Waals surface area contributed by atoms with E-state index in [0.29, 0.717) is 32.2 Å². The van der Waals surface area contributed by atoms with Crippen molar-refractivity contribution in [2.75, 3.05) is 32.8 Å². The van der Waals surface area contributed by atoms with Gasteiger partial charge in [-0.05, 0) is 24.5 Å². The lowest BCUT2D eigenvalue weighted by atomic mass is 9.96. The van der Waals surface area contributed by atoms with Crippen LogP contribution in [-0.2, 0) is 24.3 Å². The quantitative estimate of drug-likeness (QED) is 0.759. The zero-order valence-electron chi connectivity index (χ0n) is 15.2. The fraction of sp³-hybridized carbons (Fsp3) is 0.526. The Hall–Kier alpha value is -1.74. The van der Waals surface area contributed by atoms with Gasteiger partial charge >= 0.3 is 0 Å². The molecule has 2 aliphatic rings. The van der Waals surface area contributed by atoms with Crippen molar-refractivity contribution >= 4 is 22.0 Å². The topological polar surface area (TPSA) is 84.9 Å². The molecule has 0 aliphatic carbocycles.